The molecule has 6 atom stereocenters. The van der Waals surface area contributed by atoms with Gasteiger partial charge in [0.2, 0.25) is 27.6 Å². The third-order valence-electron chi connectivity index (χ3n) is 12.8. The van der Waals surface area contributed by atoms with E-state index in [-0.39, 0.29) is 53.0 Å². The van der Waals surface area contributed by atoms with Crippen LogP contribution < -0.4 is 21.7 Å². The molecule has 0 aromatic heterocycles. The van der Waals surface area contributed by atoms with E-state index in [4.69, 9.17) is 5.73 Å². The highest BCUT2D eigenvalue weighted by Crippen LogP contribution is 2.65. The maximum atomic E-state index is 14.7. The van der Waals surface area contributed by atoms with Crippen LogP contribution in [0.2, 0.25) is 0 Å². The van der Waals surface area contributed by atoms with Crippen LogP contribution >= 0.6 is 0 Å². The summed E-state index contributed by atoms with van der Waals surface area (Å²) in [7, 11) is -3.74. The summed E-state index contributed by atoms with van der Waals surface area (Å²) >= 11 is 0. The minimum atomic E-state index is -3.74. The predicted octanol–water partition coefficient (Wildman–Crippen LogP) is 3.07. The molecule has 1 unspecified atom stereocenters. The first kappa shape index (κ1) is 38.2. The van der Waals surface area contributed by atoms with E-state index >= 15 is 0 Å². The lowest BCUT2D eigenvalue weighted by molar-refractivity contribution is -0.144. The van der Waals surface area contributed by atoms with Crippen LogP contribution in [0.1, 0.15) is 98.0 Å². The van der Waals surface area contributed by atoms with Crippen LogP contribution in [0, 0.1) is 34.5 Å². The van der Waals surface area contributed by atoms with Gasteiger partial charge < -0.3 is 26.6 Å². The number of amides is 5. The molecule has 0 radical (unpaired) electrons. The number of urea groups is 1. The smallest absolute Gasteiger partial charge is 0.315 e. The quantitative estimate of drug-likeness (QED) is 0.237. The van der Waals surface area contributed by atoms with E-state index in [0.717, 1.165) is 51.4 Å². The second-order valence-corrected chi connectivity index (χ2v) is 19.4. The molecule has 1 aromatic rings. The molecule has 1 saturated heterocycles. The number of fused-ring (bicyclic) bond motifs is 2. The largest absolute Gasteiger partial charge is 0.363 e. The molecule has 5 aliphatic rings. The lowest BCUT2D eigenvalue weighted by Gasteiger charge is -2.38. The number of sulfonamides is 1. The summed E-state index contributed by atoms with van der Waals surface area (Å²) in [4.78, 5) is 69.4. The molecule has 13 nitrogen and oxygen atoms in total. The average molecular weight is 741 g/mol. The van der Waals surface area contributed by atoms with Gasteiger partial charge in [0.15, 0.2) is 0 Å². The molecule has 52 heavy (non-hydrogen) atoms. The van der Waals surface area contributed by atoms with E-state index < -0.39 is 63.2 Å². The minimum Gasteiger partial charge on any atom is -0.363 e. The summed E-state index contributed by atoms with van der Waals surface area (Å²) in [6.07, 6.45) is 7.53. The third kappa shape index (κ3) is 7.47. The van der Waals surface area contributed by atoms with Gasteiger partial charge in [0.25, 0.3) is 5.91 Å². The van der Waals surface area contributed by atoms with Gasteiger partial charge >= 0.3 is 6.03 Å². The molecule has 14 heteroatoms. The Morgan fingerprint density at radius 2 is 1.62 bits per heavy atom. The van der Waals surface area contributed by atoms with Gasteiger partial charge in [0, 0.05) is 25.7 Å². The van der Waals surface area contributed by atoms with Gasteiger partial charge in [-0.3, -0.25) is 19.2 Å². The van der Waals surface area contributed by atoms with Crippen molar-refractivity contribution in [1.29, 1.82) is 0 Å². The monoisotopic (exact) mass is 740 g/mol. The number of nitrogens with zero attached hydrogens (tertiary/aromatic N) is 2. The summed E-state index contributed by atoms with van der Waals surface area (Å²) < 4.78 is 28.2. The van der Waals surface area contributed by atoms with Crippen molar-refractivity contribution in [2.45, 2.75) is 128 Å². The van der Waals surface area contributed by atoms with Gasteiger partial charge in [0.1, 0.15) is 12.1 Å². The number of carbonyl (C=O) groups is 5. The Morgan fingerprint density at radius 3 is 2.21 bits per heavy atom. The SMILES string of the molecule is CC(C)(C)[C@@H](CN1Cc2ccccc2S1(=O)=O)NC(=O)N[C@H](C(=O)N1C[C@H]2[C@@H]([C@H]1C(=O)NC(CC1CCC1)C(=O)C(N)=O)C2(C)C)C1CCCCC1. The number of carbonyl (C=O) groups excluding carboxylic acids is 5. The van der Waals surface area contributed by atoms with Crippen molar-refractivity contribution in [3.05, 3.63) is 29.8 Å². The Hall–Kier alpha value is -3.52. The fraction of sp³-hybridized carbons (Fsp3) is 0.711. The molecule has 5 amide bonds. The summed E-state index contributed by atoms with van der Waals surface area (Å²) in [5.41, 5.74) is 5.36. The Balaban J connectivity index is 1.20. The van der Waals surface area contributed by atoms with Gasteiger partial charge in [-0.1, -0.05) is 91.3 Å². The number of piperidine rings is 1. The summed E-state index contributed by atoms with van der Waals surface area (Å²) in [5, 5.41) is 8.85. The van der Waals surface area contributed by atoms with Crippen LogP contribution in [0.15, 0.2) is 29.2 Å². The number of hydrogen-bond acceptors (Lipinski definition) is 7. The van der Waals surface area contributed by atoms with E-state index in [0.29, 0.717) is 18.5 Å². The second-order valence-electron chi connectivity index (χ2n) is 17.5. The van der Waals surface area contributed by atoms with Crippen molar-refractivity contribution >= 4 is 39.6 Å². The van der Waals surface area contributed by atoms with Gasteiger partial charge in [-0.05, 0) is 65.4 Å². The first-order valence-electron chi connectivity index (χ1n) is 19.0. The molecular weight excluding hydrogens is 685 g/mol. The highest BCUT2D eigenvalue weighted by atomic mass is 32.2. The van der Waals surface area contributed by atoms with Gasteiger partial charge in [-0.25, -0.2) is 13.2 Å². The summed E-state index contributed by atoms with van der Waals surface area (Å²) in [5.74, 6) is -2.74. The highest BCUT2D eigenvalue weighted by molar-refractivity contribution is 7.89. The Morgan fingerprint density at radius 1 is 0.942 bits per heavy atom. The van der Waals surface area contributed by atoms with Crippen LogP contribution in [0.3, 0.4) is 0 Å². The van der Waals surface area contributed by atoms with E-state index in [1.807, 2.05) is 20.8 Å². The number of Topliss-reactive ketones (excluding diaryl/α,β-unsaturated/α-hetero) is 1. The normalized spacial score (nSPS) is 26.9. The lowest BCUT2D eigenvalue weighted by Crippen LogP contribution is -2.61. The molecule has 0 spiro atoms. The van der Waals surface area contributed by atoms with Gasteiger partial charge in [-0.15, -0.1) is 0 Å². The maximum absolute atomic E-state index is 14.7. The molecule has 0 bridgehead atoms. The fourth-order valence-corrected chi connectivity index (χ4v) is 10.8. The van der Waals surface area contributed by atoms with E-state index in [2.05, 4.69) is 29.8 Å². The topological polar surface area (TPSA) is 188 Å². The van der Waals surface area contributed by atoms with Crippen molar-refractivity contribution in [1.82, 2.24) is 25.2 Å². The van der Waals surface area contributed by atoms with E-state index in [1.165, 1.54) is 4.31 Å². The number of likely N-dealkylation sites (tertiary alicyclic amines) is 1. The Bertz CT molecular complexity index is 1700. The van der Waals surface area contributed by atoms with Crippen molar-refractivity contribution < 1.29 is 32.4 Å². The first-order chi connectivity index (χ1) is 24.4. The van der Waals surface area contributed by atoms with Crippen LogP contribution in [0.4, 0.5) is 4.79 Å². The zero-order valence-corrected chi connectivity index (χ0v) is 32.0. The molecule has 3 aliphatic carbocycles. The highest BCUT2D eigenvalue weighted by Gasteiger charge is 2.69. The second kappa shape index (κ2) is 14.4. The zero-order valence-electron chi connectivity index (χ0n) is 31.2. The first-order valence-corrected chi connectivity index (χ1v) is 20.4. The number of benzene rings is 1. The van der Waals surface area contributed by atoms with Crippen LogP contribution in [-0.2, 0) is 35.7 Å². The van der Waals surface area contributed by atoms with Gasteiger partial charge in [0.05, 0.1) is 10.9 Å². The Labute approximate surface area is 307 Å². The average Bonchev–Trinajstić information content (AvgIpc) is 3.33. The minimum absolute atomic E-state index is 0.0504. The van der Waals surface area contributed by atoms with Crippen molar-refractivity contribution in [2.75, 3.05) is 13.1 Å². The standard InChI is InChI=1S/C38H56N6O7S/c1-37(2,3)28(21-43-19-24-16-9-10-17-27(24)52(43,50)51)41-36(49)42-30(23-14-7-6-8-15-23)35(48)44-20-25-29(38(25,4)5)31(44)34(47)40-26(32(45)33(39)46)18-22-12-11-13-22/h9-10,16-17,22-23,25-26,28-31H,6-8,11-15,18-21H2,1-5H3,(H2,39,46)(H,40,47)(H2,41,42,49)/t25-,26?,28+,29-,30-,31-/m0/s1. The molecule has 286 valence electrons. The molecule has 6 rings (SSSR count). The zero-order chi connectivity index (χ0) is 37.7. The van der Waals surface area contributed by atoms with Crippen LogP contribution in [-0.4, -0.2) is 84.4 Å². The molecule has 3 saturated carbocycles. The molecule has 5 N–H and O–H groups in total. The number of hydrogen-bond donors (Lipinski definition) is 4. The van der Waals surface area contributed by atoms with Crippen molar-refractivity contribution in [3.8, 4) is 0 Å². The molecule has 1 aromatic carbocycles. The molecule has 4 fully saturated rings. The molecule has 2 heterocycles. The number of ketones is 1. The van der Waals surface area contributed by atoms with Crippen LogP contribution in [0.25, 0.3) is 0 Å². The van der Waals surface area contributed by atoms with Crippen LogP contribution in [0.5, 0.6) is 0 Å². The summed E-state index contributed by atoms with van der Waals surface area (Å²) in [6.45, 7) is 10.5. The van der Waals surface area contributed by atoms with Crippen molar-refractivity contribution in [3.63, 3.8) is 0 Å². The fourth-order valence-electron chi connectivity index (χ4n) is 9.11. The van der Waals surface area contributed by atoms with E-state index in [1.54, 1.807) is 29.2 Å². The number of nitrogens with one attached hydrogen (secondary N) is 3. The van der Waals surface area contributed by atoms with Gasteiger partial charge in [-0.2, -0.15) is 4.31 Å². The molecule has 2 aliphatic heterocycles. The number of primary amides is 1. The number of rotatable bonds is 12. The number of nitrogens with two attached hydrogens (primary N) is 1. The Kier molecular flexibility index (Phi) is 10.6. The summed E-state index contributed by atoms with van der Waals surface area (Å²) in [6, 6.07) is 2.91. The third-order valence-corrected chi connectivity index (χ3v) is 14.7. The molecular formula is C38H56N6O7S. The maximum Gasteiger partial charge on any atom is 0.315 e. The lowest BCUT2D eigenvalue weighted by atomic mass is 9.80. The predicted molar refractivity (Wildman–Crippen MR) is 194 cm³/mol. The van der Waals surface area contributed by atoms with Crippen molar-refractivity contribution in [2.24, 2.45) is 40.2 Å². The van der Waals surface area contributed by atoms with E-state index in [9.17, 15) is 32.4 Å².